The van der Waals surface area contributed by atoms with Crippen LogP contribution in [0.3, 0.4) is 0 Å². The first-order chi connectivity index (χ1) is 6.33. The van der Waals surface area contributed by atoms with Crippen LogP contribution in [0.25, 0.3) is 0 Å². The second-order valence-electron chi connectivity index (χ2n) is 3.19. The molecule has 1 heterocycles. The van der Waals surface area contributed by atoms with Crippen LogP contribution in [0.5, 0.6) is 0 Å². The lowest BCUT2D eigenvalue weighted by Crippen LogP contribution is -2.44. The first-order valence-electron chi connectivity index (χ1n) is 4.97. The van der Waals surface area contributed by atoms with Crippen LogP contribution >= 0.6 is 0 Å². The largest absolute Gasteiger partial charge is 0.465 e. The van der Waals surface area contributed by atoms with E-state index in [1.54, 1.807) is 0 Å². The number of esters is 1. The molecule has 4 heteroatoms. The average Bonchev–Trinajstić information content (AvgIpc) is 2.17. The molecule has 1 aliphatic rings. The van der Waals surface area contributed by atoms with Crippen molar-refractivity contribution in [3.63, 3.8) is 0 Å². The Kier molecular flexibility index (Phi) is 4.78. The molecule has 76 valence electrons. The topological polar surface area (TPSA) is 41.6 Å². The number of ether oxygens (including phenoxy) is 1. The molecule has 0 unspecified atom stereocenters. The van der Waals surface area contributed by atoms with Gasteiger partial charge in [0.2, 0.25) is 0 Å². The molecule has 0 radical (unpaired) electrons. The molecule has 0 aliphatic carbocycles. The number of carbonyl (C=O) groups excluding carboxylic acids is 1. The summed E-state index contributed by atoms with van der Waals surface area (Å²) in [6, 6.07) is 0. The number of hydrogen-bond acceptors (Lipinski definition) is 4. The Morgan fingerprint density at radius 1 is 1.38 bits per heavy atom. The first-order valence-corrected chi connectivity index (χ1v) is 4.97. The predicted molar refractivity (Wildman–Crippen MR) is 50.1 cm³/mol. The molecule has 0 atom stereocenters. The SMILES string of the molecule is CCOC(=O)CNN1CCCCC1. The zero-order valence-corrected chi connectivity index (χ0v) is 8.21. The summed E-state index contributed by atoms with van der Waals surface area (Å²) >= 11 is 0. The van der Waals surface area contributed by atoms with Crippen molar-refractivity contribution in [3.8, 4) is 0 Å². The molecule has 1 saturated heterocycles. The Morgan fingerprint density at radius 2 is 2.08 bits per heavy atom. The maximum Gasteiger partial charge on any atom is 0.321 e. The summed E-state index contributed by atoms with van der Waals surface area (Å²) in [6.45, 7) is 4.66. The van der Waals surface area contributed by atoms with Crippen molar-refractivity contribution >= 4 is 5.97 Å². The maximum atomic E-state index is 11.0. The monoisotopic (exact) mass is 186 g/mol. The number of hydrogen-bond donors (Lipinski definition) is 1. The molecule has 0 spiro atoms. The molecule has 1 aliphatic heterocycles. The van der Waals surface area contributed by atoms with Gasteiger partial charge >= 0.3 is 5.97 Å². The van der Waals surface area contributed by atoms with Gasteiger partial charge in [-0.25, -0.2) is 10.4 Å². The summed E-state index contributed by atoms with van der Waals surface area (Å²) in [4.78, 5) is 11.0. The van der Waals surface area contributed by atoms with E-state index in [-0.39, 0.29) is 5.97 Å². The first kappa shape index (κ1) is 10.5. The summed E-state index contributed by atoms with van der Waals surface area (Å²) in [5.74, 6) is -0.173. The van der Waals surface area contributed by atoms with Crippen molar-refractivity contribution in [3.05, 3.63) is 0 Å². The summed E-state index contributed by atoms with van der Waals surface area (Å²) in [6.07, 6.45) is 3.74. The van der Waals surface area contributed by atoms with Crippen molar-refractivity contribution in [1.29, 1.82) is 0 Å². The van der Waals surface area contributed by atoms with Gasteiger partial charge in [0.1, 0.15) is 6.54 Å². The van der Waals surface area contributed by atoms with Gasteiger partial charge in [-0.1, -0.05) is 6.42 Å². The third kappa shape index (κ3) is 4.24. The zero-order chi connectivity index (χ0) is 9.52. The van der Waals surface area contributed by atoms with Gasteiger partial charge in [0.15, 0.2) is 0 Å². The molecule has 0 aromatic carbocycles. The fraction of sp³-hybridized carbons (Fsp3) is 0.889. The van der Waals surface area contributed by atoms with Crippen molar-refractivity contribution in [2.45, 2.75) is 26.2 Å². The molecule has 0 saturated carbocycles. The van der Waals surface area contributed by atoms with Crippen LogP contribution in [0.15, 0.2) is 0 Å². The fourth-order valence-corrected chi connectivity index (χ4v) is 1.44. The highest BCUT2D eigenvalue weighted by molar-refractivity contribution is 5.71. The zero-order valence-electron chi connectivity index (χ0n) is 8.21. The van der Waals surface area contributed by atoms with Crippen molar-refractivity contribution in [2.75, 3.05) is 26.2 Å². The van der Waals surface area contributed by atoms with Gasteiger partial charge in [-0.05, 0) is 19.8 Å². The number of nitrogens with one attached hydrogen (secondary N) is 1. The molecule has 1 N–H and O–H groups in total. The van der Waals surface area contributed by atoms with Crippen LogP contribution in [0.2, 0.25) is 0 Å². The second kappa shape index (κ2) is 5.94. The highest BCUT2D eigenvalue weighted by Crippen LogP contribution is 2.05. The van der Waals surface area contributed by atoms with Crippen molar-refractivity contribution in [2.24, 2.45) is 0 Å². The molecule has 0 bridgehead atoms. The van der Waals surface area contributed by atoms with Crippen LogP contribution < -0.4 is 5.43 Å². The van der Waals surface area contributed by atoms with Crippen LogP contribution in [0.1, 0.15) is 26.2 Å². The van der Waals surface area contributed by atoms with E-state index in [4.69, 9.17) is 4.74 Å². The number of rotatable bonds is 4. The van der Waals surface area contributed by atoms with Crippen molar-refractivity contribution < 1.29 is 9.53 Å². The van der Waals surface area contributed by atoms with E-state index < -0.39 is 0 Å². The quantitative estimate of drug-likeness (QED) is 0.651. The summed E-state index contributed by atoms with van der Waals surface area (Å²) in [5, 5.41) is 2.10. The highest BCUT2D eigenvalue weighted by Gasteiger charge is 2.10. The van der Waals surface area contributed by atoms with E-state index in [0.29, 0.717) is 13.2 Å². The van der Waals surface area contributed by atoms with Gasteiger partial charge in [-0.3, -0.25) is 4.79 Å². The summed E-state index contributed by atoms with van der Waals surface area (Å²) in [5.41, 5.74) is 3.06. The molecule has 1 rings (SSSR count). The lowest BCUT2D eigenvalue weighted by molar-refractivity contribution is -0.143. The number of carbonyl (C=O) groups is 1. The Balaban J connectivity index is 2.06. The van der Waals surface area contributed by atoms with Crippen molar-refractivity contribution in [1.82, 2.24) is 10.4 Å². The number of nitrogens with zero attached hydrogens (tertiary/aromatic N) is 1. The molecule has 1 fully saturated rings. The van der Waals surface area contributed by atoms with E-state index >= 15 is 0 Å². The van der Waals surface area contributed by atoms with E-state index in [1.165, 1.54) is 19.3 Å². The number of piperidine rings is 1. The highest BCUT2D eigenvalue weighted by atomic mass is 16.5. The Morgan fingerprint density at radius 3 is 2.69 bits per heavy atom. The summed E-state index contributed by atoms with van der Waals surface area (Å²) < 4.78 is 4.80. The normalized spacial score (nSPS) is 18.5. The van der Waals surface area contributed by atoms with E-state index in [0.717, 1.165) is 13.1 Å². The second-order valence-corrected chi connectivity index (χ2v) is 3.19. The molecule has 4 nitrogen and oxygen atoms in total. The Hall–Kier alpha value is -0.610. The van der Waals surface area contributed by atoms with E-state index in [9.17, 15) is 4.79 Å². The number of hydrazine groups is 1. The van der Waals surface area contributed by atoms with Crippen LogP contribution in [-0.4, -0.2) is 37.2 Å². The fourth-order valence-electron chi connectivity index (χ4n) is 1.44. The molecule has 0 amide bonds. The van der Waals surface area contributed by atoms with Crippen LogP contribution in [0, 0.1) is 0 Å². The molecule has 0 aromatic rings. The van der Waals surface area contributed by atoms with Gasteiger partial charge < -0.3 is 4.74 Å². The van der Waals surface area contributed by atoms with Gasteiger partial charge in [0.25, 0.3) is 0 Å². The molecular weight excluding hydrogens is 168 g/mol. The Bertz CT molecular complexity index is 156. The van der Waals surface area contributed by atoms with Gasteiger partial charge in [0, 0.05) is 13.1 Å². The minimum atomic E-state index is -0.173. The average molecular weight is 186 g/mol. The third-order valence-corrected chi connectivity index (χ3v) is 2.11. The molecular formula is C9H18N2O2. The van der Waals surface area contributed by atoms with Gasteiger partial charge in [-0.2, -0.15) is 0 Å². The summed E-state index contributed by atoms with van der Waals surface area (Å²) in [7, 11) is 0. The minimum Gasteiger partial charge on any atom is -0.465 e. The van der Waals surface area contributed by atoms with Crippen LogP contribution in [-0.2, 0) is 9.53 Å². The maximum absolute atomic E-state index is 11.0. The minimum absolute atomic E-state index is 0.173. The van der Waals surface area contributed by atoms with E-state index in [1.807, 2.05) is 6.92 Å². The standard InChI is InChI=1S/C9H18N2O2/c1-2-13-9(12)8-10-11-6-4-3-5-7-11/h10H,2-8H2,1H3. The van der Waals surface area contributed by atoms with E-state index in [2.05, 4.69) is 10.4 Å². The van der Waals surface area contributed by atoms with Gasteiger partial charge in [0.05, 0.1) is 6.61 Å². The van der Waals surface area contributed by atoms with Gasteiger partial charge in [-0.15, -0.1) is 0 Å². The third-order valence-electron chi connectivity index (χ3n) is 2.11. The predicted octanol–water partition coefficient (Wildman–Crippen LogP) is 0.540. The lowest BCUT2D eigenvalue weighted by atomic mass is 10.2. The Labute approximate surface area is 79.2 Å². The smallest absolute Gasteiger partial charge is 0.321 e. The van der Waals surface area contributed by atoms with Crippen LogP contribution in [0.4, 0.5) is 0 Å². The molecule has 13 heavy (non-hydrogen) atoms. The molecule has 0 aromatic heterocycles. The lowest BCUT2D eigenvalue weighted by Gasteiger charge is -2.26.